The molecule has 0 unspecified atom stereocenters. The molecule has 6 heteroatoms. The number of hydrogen-bond donors (Lipinski definition) is 1. The van der Waals surface area contributed by atoms with E-state index in [0.29, 0.717) is 6.54 Å². The summed E-state index contributed by atoms with van der Waals surface area (Å²) in [5, 5.41) is 3.35. The maximum atomic E-state index is 13.1. The van der Waals surface area contributed by atoms with Gasteiger partial charge in [-0.25, -0.2) is 9.37 Å². The Morgan fingerprint density at radius 1 is 1.40 bits per heavy atom. The Balaban J connectivity index is 1.87. The zero-order valence-electron chi connectivity index (χ0n) is 11.1. The van der Waals surface area contributed by atoms with Gasteiger partial charge in [-0.3, -0.25) is 4.40 Å². The molecule has 0 amide bonds. The topological polar surface area (TPSA) is 29.3 Å². The molecule has 0 aliphatic carbocycles. The van der Waals surface area contributed by atoms with Crippen LogP contribution in [0.4, 0.5) is 10.1 Å². The molecule has 0 radical (unpaired) electrons. The van der Waals surface area contributed by atoms with Crippen LogP contribution >= 0.6 is 33.9 Å². The lowest BCUT2D eigenvalue weighted by Crippen LogP contribution is -2.05. The van der Waals surface area contributed by atoms with Crippen molar-refractivity contribution in [1.29, 1.82) is 0 Å². The van der Waals surface area contributed by atoms with Crippen LogP contribution in [0.15, 0.2) is 24.4 Å². The zero-order chi connectivity index (χ0) is 14.3. The summed E-state index contributed by atoms with van der Waals surface area (Å²) in [6.45, 7) is 4.77. The number of aryl methyl sites for hydroxylation is 2. The fourth-order valence-electron chi connectivity index (χ4n) is 2.13. The summed E-state index contributed by atoms with van der Waals surface area (Å²) in [7, 11) is 0. The minimum Gasteiger partial charge on any atom is -0.379 e. The van der Waals surface area contributed by atoms with E-state index in [4.69, 9.17) is 0 Å². The molecule has 0 aliphatic heterocycles. The molecule has 3 aromatic rings. The van der Waals surface area contributed by atoms with Gasteiger partial charge >= 0.3 is 0 Å². The summed E-state index contributed by atoms with van der Waals surface area (Å²) in [6, 6.07) is 4.76. The molecule has 0 saturated carbocycles. The minimum absolute atomic E-state index is 0.212. The maximum Gasteiger partial charge on any atom is 0.194 e. The van der Waals surface area contributed by atoms with E-state index in [9.17, 15) is 4.39 Å². The van der Waals surface area contributed by atoms with Crippen molar-refractivity contribution in [1.82, 2.24) is 9.38 Å². The van der Waals surface area contributed by atoms with Gasteiger partial charge in [0, 0.05) is 20.3 Å². The fourth-order valence-corrected chi connectivity index (χ4v) is 3.69. The average Bonchev–Trinajstić information content (AvgIpc) is 2.84. The number of fused-ring (bicyclic) bond motifs is 1. The second-order valence-electron chi connectivity index (χ2n) is 4.62. The zero-order valence-corrected chi connectivity index (χ0v) is 14.0. The predicted molar refractivity (Wildman–Crippen MR) is 89.0 cm³/mol. The van der Waals surface area contributed by atoms with E-state index in [1.165, 1.54) is 17.0 Å². The quantitative estimate of drug-likeness (QED) is 0.661. The van der Waals surface area contributed by atoms with Crippen LogP contribution in [0.3, 0.4) is 0 Å². The third-order valence-electron chi connectivity index (χ3n) is 3.12. The standard InChI is InChI=1S/C14H13FIN3S/c1-8-7-19-13(9(2)18-14(19)20-8)6-17-12-4-3-10(15)5-11(12)16/h3-5,7,17H,6H2,1-2H3. The van der Waals surface area contributed by atoms with Gasteiger partial charge in [0.15, 0.2) is 4.96 Å². The van der Waals surface area contributed by atoms with E-state index < -0.39 is 0 Å². The van der Waals surface area contributed by atoms with Crippen molar-refractivity contribution in [2.45, 2.75) is 20.4 Å². The highest BCUT2D eigenvalue weighted by molar-refractivity contribution is 14.1. The molecule has 104 valence electrons. The van der Waals surface area contributed by atoms with Gasteiger partial charge in [0.1, 0.15) is 5.82 Å². The summed E-state index contributed by atoms with van der Waals surface area (Å²) in [4.78, 5) is 6.82. The number of aromatic nitrogens is 2. The van der Waals surface area contributed by atoms with Crippen molar-refractivity contribution in [2.75, 3.05) is 5.32 Å². The first-order valence-electron chi connectivity index (χ1n) is 6.17. The van der Waals surface area contributed by atoms with E-state index in [0.717, 1.165) is 25.6 Å². The molecular weight excluding hydrogens is 388 g/mol. The molecule has 0 atom stereocenters. The average molecular weight is 401 g/mol. The lowest BCUT2D eigenvalue weighted by Gasteiger charge is -2.08. The van der Waals surface area contributed by atoms with Gasteiger partial charge in [-0.1, -0.05) is 0 Å². The third kappa shape index (κ3) is 2.54. The number of hydrogen-bond acceptors (Lipinski definition) is 3. The molecule has 0 aliphatic rings. The van der Waals surface area contributed by atoms with Crippen molar-refractivity contribution < 1.29 is 4.39 Å². The van der Waals surface area contributed by atoms with Gasteiger partial charge in [0.25, 0.3) is 0 Å². The smallest absolute Gasteiger partial charge is 0.194 e. The Morgan fingerprint density at radius 3 is 2.95 bits per heavy atom. The Labute approximate surface area is 134 Å². The summed E-state index contributed by atoms with van der Waals surface area (Å²) < 4.78 is 16.1. The van der Waals surface area contributed by atoms with Crippen LogP contribution in [-0.4, -0.2) is 9.38 Å². The number of nitrogens with zero attached hydrogens (tertiary/aromatic N) is 2. The van der Waals surface area contributed by atoms with E-state index in [-0.39, 0.29) is 5.82 Å². The Kier molecular flexibility index (Phi) is 3.68. The highest BCUT2D eigenvalue weighted by atomic mass is 127. The first-order chi connectivity index (χ1) is 9.54. The number of benzene rings is 1. The van der Waals surface area contributed by atoms with Gasteiger partial charge in [-0.15, -0.1) is 11.3 Å². The number of halogens is 2. The maximum absolute atomic E-state index is 13.1. The molecule has 0 fully saturated rings. The van der Waals surface area contributed by atoms with Crippen LogP contribution in [0, 0.1) is 23.2 Å². The third-order valence-corrected chi connectivity index (χ3v) is 4.91. The molecule has 1 N–H and O–H groups in total. The minimum atomic E-state index is -0.212. The number of rotatable bonds is 3. The Morgan fingerprint density at radius 2 is 2.20 bits per heavy atom. The first-order valence-corrected chi connectivity index (χ1v) is 8.07. The molecular formula is C14H13FIN3S. The van der Waals surface area contributed by atoms with Crippen molar-refractivity contribution >= 4 is 44.6 Å². The molecule has 0 saturated heterocycles. The van der Waals surface area contributed by atoms with Crippen molar-refractivity contribution in [2.24, 2.45) is 0 Å². The lowest BCUT2D eigenvalue weighted by molar-refractivity contribution is 0.627. The van der Waals surface area contributed by atoms with Crippen molar-refractivity contribution in [3.05, 3.63) is 50.0 Å². The van der Waals surface area contributed by atoms with Crippen molar-refractivity contribution in [3.63, 3.8) is 0 Å². The van der Waals surface area contributed by atoms with Crippen LogP contribution in [0.2, 0.25) is 0 Å². The van der Waals surface area contributed by atoms with Crippen LogP contribution < -0.4 is 5.32 Å². The number of imidazole rings is 1. The largest absolute Gasteiger partial charge is 0.379 e. The van der Waals surface area contributed by atoms with E-state index in [1.54, 1.807) is 17.4 Å². The molecule has 0 bridgehead atoms. The molecule has 2 aromatic heterocycles. The van der Waals surface area contributed by atoms with Gasteiger partial charge in [-0.05, 0) is 54.6 Å². The van der Waals surface area contributed by atoms with Crippen LogP contribution in [0.25, 0.3) is 4.96 Å². The van der Waals surface area contributed by atoms with Gasteiger partial charge in [0.2, 0.25) is 0 Å². The number of anilines is 1. The van der Waals surface area contributed by atoms with Crippen LogP contribution in [0.5, 0.6) is 0 Å². The molecule has 3 rings (SSSR count). The van der Waals surface area contributed by atoms with Gasteiger partial charge in [-0.2, -0.15) is 0 Å². The SMILES string of the molecule is Cc1cn2c(CNc3ccc(F)cc3I)c(C)nc2s1. The van der Waals surface area contributed by atoms with Crippen LogP contribution in [0.1, 0.15) is 16.3 Å². The summed E-state index contributed by atoms with van der Waals surface area (Å²) in [5.74, 6) is -0.212. The molecule has 1 aromatic carbocycles. The van der Waals surface area contributed by atoms with E-state index in [2.05, 4.69) is 50.4 Å². The highest BCUT2D eigenvalue weighted by Crippen LogP contribution is 2.23. The Hall–Kier alpha value is -1.15. The monoisotopic (exact) mass is 401 g/mol. The highest BCUT2D eigenvalue weighted by Gasteiger charge is 2.11. The summed E-state index contributed by atoms with van der Waals surface area (Å²) in [5.41, 5.74) is 3.11. The summed E-state index contributed by atoms with van der Waals surface area (Å²) in [6.07, 6.45) is 2.10. The number of nitrogens with one attached hydrogen (secondary N) is 1. The fraction of sp³-hybridized carbons (Fsp3) is 0.214. The Bertz CT molecular complexity index is 778. The normalized spacial score (nSPS) is 11.2. The van der Waals surface area contributed by atoms with E-state index >= 15 is 0 Å². The second kappa shape index (κ2) is 5.33. The second-order valence-corrected chi connectivity index (χ2v) is 6.99. The molecule has 2 heterocycles. The molecule has 3 nitrogen and oxygen atoms in total. The van der Waals surface area contributed by atoms with Crippen LogP contribution in [-0.2, 0) is 6.54 Å². The lowest BCUT2D eigenvalue weighted by atomic mass is 10.3. The summed E-state index contributed by atoms with van der Waals surface area (Å²) >= 11 is 3.82. The molecule has 20 heavy (non-hydrogen) atoms. The number of thiazole rings is 1. The van der Waals surface area contributed by atoms with E-state index in [1.807, 2.05) is 6.92 Å². The molecule has 0 spiro atoms. The first kappa shape index (κ1) is 13.8. The predicted octanol–water partition coefficient (Wildman–Crippen LogP) is 4.37. The van der Waals surface area contributed by atoms with Gasteiger partial charge < -0.3 is 5.32 Å². The van der Waals surface area contributed by atoms with Gasteiger partial charge in [0.05, 0.1) is 17.9 Å². The van der Waals surface area contributed by atoms with Crippen molar-refractivity contribution in [3.8, 4) is 0 Å².